The second-order valence-electron chi connectivity index (χ2n) is 13.1. The SMILES string of the molecule is CCCCCCCCCCCCCCOc1ccc(-c2cc(C(CCCC(=O)O)CCOC(C)C(F)(F)F)ccc2-c2ccccc2)cn1. The number of aromatic nitrogens is 1. The van der Waals surface area contributed by atoms with Crippen LogP contribution in [0.4, 0.5) is 13.2 Å². The number of pyridine rings is 1. The zero-order chi connectivity index (χ0) is 35.3. The standard InChI is InChI=1S/C41H56F3NO4/c1-3-4-5-6-7-8-9-10-11-12-13-17-28-49-39-26-24-36(31-45-39)38-30-35(23-25-37(38)34-19-15-14-16-20-34)33(21-18-22-40(46)47)27-29-48-32(2)41(42,43)44/h14-16,19-20,23-26,30-33H,3-13,17-18,21-22,27-29H2,1-2H3,(H,46,47). The molecule has 0 fully saturated rings. The summed E-state index contributed by atoms with van der Waals surface area (Å²) < 4.78 is 50.3. The van der Waals surface area contributed by atoms with E-state index in [1.807, 2.05) is 54.6 Å². The van der Waals surface area contributed by atoms with Crippen molar-refractivity contribution in [3.63, 3.8) is 0 Å². The molecule has 2 atom stereocenters. The van der Waals surface area contributed by atoms with Gasteiger partial charge in [-0.2, -0.15) is 13.2 Å². The van der Waals surface area contributed by atoms with Crippen LogP contribution in [0.15, 0.2) is 66.9 Å². The van der Waals surface area contributed by atoms with Crippen LogP contribution in [0.2, 0.25) is 0 Å². The summed E-state index contributed by atoms with van der Waals surface area (Å²) in [6.07, 6.45) is 12.2. The van der Waals surface area contributed by atoms with E-state index in [1.54, 1.807) is 6.20 Å². The number of hydrogen-bond donors (Lipinski definition) is 1. The van der Waals surface area contributed by atoms with Crippen LogP contribution >= 0.6 is 0 Å². The number of unbranched alkanes of at least 4 members (excludes halogenated alkanes) is 11. The van der Waals surface area contributed by atoms with Crippen molar-refractivity contribution in [3.8, 4) is 28.1 Å². The van der Waals surface area contributed by atoms with Crippen LogP contribution in [-0.2, 0) is 9.53 Å². The molecule has 0 bridgehead atoms. The Morgan fingerprint density at radius 1 is 0.755 bits per heavy atom. The van der Waals surface area contributed by atoms with Gasteiger partial charge in [0.1, 0.15) is 0 Å². The van der Waals surface area contributed by atoms with Crippen LogP contribution in [0, 0.1) is 0 Å². The highest BCUT2D eigenvalue weighted by Crippen LogP contribution is 2.37. The van der Waals surface area contributed by atoms with Crippen molar-refractivity contribution in [1.29, 1.82) is 0 Å². The summed E-state index contributed by atoms with van der Waals surface area (Å²) in [5.41, 5.74) is 4.79. The quantitative estimate of drug-likeness (QED) is 0.0900. The Kier molecular flexibility index (Phi) is 18.3. The number of nitrogens with zero attached hydrogens (tertiary/aromatic N) is 1. The van der Waals surface area contributed by atoms with Crippen molar-refractivity contribution in [2.75, 3.05) is 13.2 Å². The zero-order valence-electron chi connectivity index (χ0n) is 29.5. The number of rotatable bonds is 25. The molecule has 0 saturated carbocycles. The number of alkyl halides is 3. The van der Waals surface area contributed by atoms with Crippen molar-refractivity contribution >= 4 is 5.97 Å². The molecule has 1 N–H and O–H groups in total. The lowest BCUT2D eigenvalue weighted by Crippen LogP contribution is -2.29. The van der Waals surface area contributed by atoms with E-state index in [-0.39, 0.29) is 18.9 Å². The number of aliphatic carboxylic acids is 1. The first kappa shape index (κ1) is 40.0. The summed E-state index contributed by atoms with van der Waals surface area (Å²) >= 11 is 0. The van der Waals surface area contributed by atoms with Gasteiger partial charge in [0.2, 0.25) is 5.88 Å². The van der Waals surface area contributed by atoms with Crippen LogP contribution in [-0.4, -0.2) is 41.6 Å². The fourth-order valence-corrected chi connectivity index (χ4v) is 6.13. The minimum atomic E-state index is -4.43. The average molecular weight is 684 g/mol. The number of carboxylic acid groups (broad SMARTS) is 1. The van der Waals surface area contributed by atoms with Gasteiger partial charge in [0.05, 0.1) is 6.61 Å². The highest BCUT2D eigenvalue weighted by atomic mass is 19.4. The van der Waals surface area contributed by atoms with Gasteiger partial charge in [-0.25, -0.2) is 4.98 Å². The van der Waals surface area contributed by atoms with Crippen LogP contribution in [0.3, 0.4) is 0 Å². The average Bonchev–Trinajstić information content (AvgIpc) is 3.09. The smallest absolute Gasteiger partial charge is 0.414 e. The van der Waals surface area contributed by atoms with E-state index in [1.165, 1.54) is 64.2 Å². The third kappa shape index (κ3) is 15.4. The first-order chi connectivity index (χ1) is 23.7. The molecule has 1 aromatic heterocycles. The summed E-state index contributed by atoms with van der Waals surface area (Å²) in [5, 5.41) is 9.20. The predicted octanol–water partition coefficient (Wildman–Crippen LogP) is 12.2. The van der Waals surface area contributed by atoms with Gasteiger partial charge in [0, 0.05) is 30.9 Å². The summed E-state index contributed by atoms with van der Waals surface area (Å²) in [5.74, 6) is -0.491. The van der Waals surface area contributed by atoms with Crippen LogP contribution in [0.5, 0.6) is 5.88 Å². The van der Waals surface area contributed by atoms with E-state index >= 15 is 0 Å². The van der Waals surface area contributed by atoms with E-state index in [2.05, 4.69) is 18.0 Å². The van der Waals surface area contributed by atoms with Gasteiger partial charge in [-0.05, 0) is 66.8 Å². The third-order valence-electron chi connectivity index (χ3n) is 9.13. The topological polar surface area (TPSA) is 68.7 Å². The highest BCUT2D eigenvalue weighted by molar-refractivity contribution is 5.83. The molecule has 0 amide bonds. The van der Waals surface area contributed by atoms with Crippen LogP contribution in [0.25, 0.3) is 22.3 Å². The van der Waals surface area contributed by atoms with Gasteiger partial charge >= 0.3 is 12.1 Å². The molecule has 3 aromatic rings. The number of hydrogen-bond acceptors (Lipinski definition) is 4. The Labute approximate surface area is 291 Å². The predicted molar refractivity (Wildman–Crippen MR) is 192 cm³/mol. The summed E-state index contributed by atoms with van der Waals surface area (Å²) in [4.78, 5) is 15.8. The Hall–Kier alpha value is -3.39. The molecule has 0 aliphatic rings. The van der Waals surface area contributed by atoms with Gasteiger partial charge < -0.3 is 14.6 Å². The number of benzene rings is 2. The molecule has 0 spiro atoms. The number of carbonyl (C=O) groups is 1. The van der Waals surface area contributed by atoms with Crippen molar-refractivity contribution in [2.24, 2.45) is 0 Å². The number of ether oxygens (including phenoxy) is 2. The first-order valence-corrected chi connectivity index (χ1v) is 18.4. The largest absolute Gasteiger partial charge is 0.481 e. The van der Waals surface area contributed by atoms with Gasteiger partial charge in [0.15, 0.2) is 6.10 Å². The fraction of sp³-hybridized carbons (Fsp3) is 0.561. The van der Waals surface area contributed by atoms with E-state index in [9.17, 15) is 23.1 Å². The first-order valence-electron chi connectivity index (χ1n) is 18.4. The van der Waals surface area contributed by atoms with E-state index < -0.39 is 18.2 Å². The Bertz CT molecular complexity index is 1330. The monoisotopic (exact) mass is 683 g/mol. The van der Waals surface area contributed by atoms with Gasteiger partial charge in [-0.3, -0.25) is 4.79 Å². The Balaban J connectivity index is 1.63. The second kappa shape index (κ2) is 22.4. The van der Waals surface area contributed by atoms with Crippen LogP contribution < -0.4 is 4.74 Å². The van der Waals surface area contributed by atoms with Crippen molar-refractivity contribution in [3.05, 3.63) is 72.4 Å². The van der Waals surface area contributed by atoms with Crippen molar-refractivity contribution in [1.82, 2.24) is 4.98 Å². The molecule has 1 heterocycles. The molecular weight excluding hydrogens is 627 g/mol. The molecule has 0 aliphatic carbocycles. The molecule has 0 saturated heterocycles. The number of halogens is 3. The molecule has 3 rings (SSSR count). The molecule has 49 heavy (non-hydrogen) atoms. The minimum absolute atomic E-state index is 0.00406. The maximum atomic E-state index is 13.1. The van der Waals surface area contributed by atoms with Gasteiger partial charge in [0.25, 0.3) is 0 Å². The molecule has 8 heteroatoms. The van der Waals surface area contributed by atoms with Crippen molar-refractivity contribution < 1.29 is 32.5 Å². The lowest BCUT2D eigenvalue weighted by atomic mass is 9.86. The van der Waals surface area contributed by atoms with E-state index in [0.717, 1.165) is 47.6 Å². The molecule has 5 nitrogen and oxygen atoms in total. The fourth-order valence-electron chi connectivity index (χ4n) is 6.13. The number of carboxylic acids is 1. The minimum Gasteiger partial charge on any atom is -0.481 e. The molecule has 0 aliphatic heterocycles. The lowest BCUT2D eigenvalue weighted by Gasteiger charge is -2.22. The maximum absolute atomic E-state index is 13.1. The molecule has 270 valence electrons. The molecular formula is C41H56F3NO4. The summed E-state index contributed by atoms with van der Waals surface area (Å²) in [6, 6.07) is 19.9. The molecule has 2 aromatic carbocycles. The zero-order valence-corrected chi connectivity index (χ0v) is 29.5. The summed E-state index contributed by atoms with van der Waals surface area (Å²) in [7, 11) is 0. The van der Waals surface area contributed by atoms with Crippen molar-refractivity contribution in [2.45, 2.75) is 135 Å². The Morgan fingerprint density at radius 3 is 2.00 bits per heavy atom. The highest BCUT2D eigenvalue weighted by Gasteiger charge is 2.36. The van der Waals surface area contributed by atoms with Crippen LogP contribution in [0.1, 0.15) is 128 Å². The van der Waals surface area contributed by atoms with Gasteiger partial charge in [-0.15, -0.1) is 0 Å². The lowest BCUT2D eigenvalue weighted by molar-refractivity contribution is -0.214. The molecule has 2 unspecified atom stereocenters. The second-order valence-corrected chi connectivity index (χ2v) is 13.1. The van der Waals surface area contributed by atoms with E-state index in [0.29, 0.717) is 31.7 Å². The molecule has 0 radical (unpaired) electrons. The Morgan fingerprint density at radius 2 is 1.41 bits per heavy atom. The summed E-state index contributed by atoms with van der Waals surface area (Å²) in [6.45, 7) is 3.81. The maximum Gasteiger partial charge on any atom is 0.414 e. The van der Waals surface area contributed by atoms with Gasteiger partial charge in [-0.1, -0.05) is 126 Å². The van der Waals surface area contributed by atoms with E-state index in [4.69, 9.17) is 9.47 Å². The normalized spacial score (nSPS) is 12.9. The third-order valence-corrected chi connectivity index (χ3v) is 9.13.